The van der Waals surface area contributed by atoms with Gasteiger partial charge < -0.3 is 9.47 Å². The van der Waals surface area contributed by atoms with Gasteiger partial charge in [0.05, 0.1) is 24.8 Å². The molecule has 0 aromatic carbocycles. The third-order valence-electron chi connectivity index (χ3n) is 3.27. The molecule has 1 aromatic heterocycles. The molecule has 1 atom stereocenters. The Labute approximate surface area is 113 Å². The lowest BCUT2D eigenvalue weighted by atomic mass is 10.0. The minimum Gasteiger partial charge on any atom is -0.382 e. The molecule has 0 bridgehead atoms. The molecule has 6 heteroatoms. The molecule has 6 nitrogen and oxygen atoms in total. The number of aromatic nitrogens is 3. The quantitative estimate of drug-likeness (QED) is 0.693. The number of hydrogen-bond acceptors (Lipinski definition) is 5. The Morgan fingerprint density at radius 1 is 1.58 bits per heavy atom. The van der Waals surface area contributed by atoms with Crippen molar-refractivity contribution in [3.05, 3.63) is 11.4 Å². The van der Waals surface area contributed by atoms with E-state index in [1.807, 2.05) is 11.6 Å². The van der Waals surface area contributed by atoms with Gasteiger partial charge in [0, 0.05) is 32.3 Å². The minimum absolute atomic E-state index is 0.317. The molecule has 1 aromatic rings. The molecule has 1 aliphatic heterocycles. The molecular formula is C13H20N4O2. The van der Waals surface area contributed by atoms with Crippen molar-refractivity contribution in [2.45, 2.75) is 38.6 Å². The zero-order valence-electron chi connectivity index (χ0n) is 11.3. The highest BCUT2D eigenvalue weighted by atomic mass is 16.5. The summed E-state index contributed by atoms with van der Waals surface area (Å²) >= 11 is 0. The molecular weight excluding hydrogens is 244 g/mol. The molecule has 1 fully saturated rings. The van der Waals surface area contributed by atoms with E-state index in [9.17, 15) is 0 Å². The molecule has 0 amide bonds. The Hall–Kier alpha value is -1.45. The van der Waals surface area contributed by atoms with Crippen molar-refractivity contribution in [2.24, 2.45) is 0 Å². The van der Waals surface area contributed by atoms with Gasteiger partial charge in [0.1, 0.15) is 5.69 Å². The first-order valence-corrected chi connectivity index (χ1v) is 6.81. The van der Waals surface area contributed by atoms with Crippen LogP contribution in [-0.2, 0) is 22.4 Å². The first kappa shape index (κ1) is 14.0. The Kier molecular flexibility index (Phi) is 5.31. The summed E-state index contributed by atoms with van der Waals surface area (Å²) < 4.78 is 12.7. The van der Waals surface area contributed by atoms with Crippen LogP contribution >= 0.6 is 0 Å². The number of ether oxygens (including phenoxy) is 2. The summed E-state index contributed by atoms with van der Waals surface area (Å²) in [5.74, 6) is 0.324. The summed E-state index contributed by atoms with van der Waals surface area (Å²) in [4.78, 5) is 0. The Bertz CT molecular complexity index is 432. The highest BCUT2D eigenvalue weighted by molar-refractivity contribution is 5.19. The maximum Gasteiger partial charge on any atom is 0.100 e. The Balaban J connectivity index is 2.06. The summed E-state index contributed by atoms with van der Waals surface area (Å²) in [5, 5.41) is 17.2. The van der Waals surface area contributed by atoms with E-state index in [-0.39, 0.29) is 0 Å². The van der Waals surface area contributed by atoms with E-state index in [4.69, 9.17) is 14.7 Å². The van der Waals surface area contributed by atoms with Crippen molar-refractivity contribution in [1.29, 1.82) is 5.26 Å². The fourth-order valence-electron chi connectivity index (χ4n) is 2.38. The van der Waals surface area contributed by atoms with Gasteiger partial charge >= 0.3 is 0 Å². The van der Waals surface area contributed by atoms with Gasteiger partial charge in [-0.25, -0.2) is 4.68 Å². The zero-order chi connectivity index (χ0) is 13.5. The largest absolute Gasteiger partial charge is 0.382 e. The molecule has 1 unspecified atom stereocenters. The van der Waals surface area contributed by atoms with Crippen LogP contribution in [0.2, 0.25) is 0 Å². The molecule has 0 saturated carbocycles. The molecule has 0 spiro atoms. The molecule has 1 saturated heterocycles. The average molecular weight is 264 g/mol. The van der Waals surface area contributed by atoms with Gasteiger partial charge in [-0.3, -0.25) is 0 Å². The van der Waals surface area contributed by atoms with Crippen LogP contribution in [0.1, 0.15) is 37.1 Å². The summed E-state index contributed by atoms with van der Waals surface area (Å²) in [5.41, 5.74) is 1.88. The topological polar surface area (TPSA) is 73.0 Å². The summed E-state index contributed by atoms with van der Waals surface area (Å²) in [6, 6.07) is 2.16. The van der Waals surface area contributed by atoms with Crippen LogP contribution in [0, 0.1) is 11.3 Å². The number of aryl methyl sites for hydroxylation is 1. The van der Waals surface area contributed by atoms with Crippen LogP contribution in [0.3, 0.4) is 0 Å². The minimum atomic E-state index is 0.317. The molecule has 0 N–H and O–H groups in total. The van der Waals surface area contributed by atoms with E-state index in [0.717, 1.165) is 50.6 Å². The first-order valence-electron chi connectivity index (χ1n) is 6.81. The fraction of sp³-hybridized carbons (Fsp3) is 0.769. The SMILES string of the molecule is CCOCCCn1nnc(CC#N)c1C1CCOC1. The molecule has 19 heavy (non-hydrogen) atoms. The summed E-state index contributed by atoms with van der Waals surface area (Å²) in [6.45, 7) is 5.72. The third kappa shape index (κ3) is 3.52. The Morgan fingerprint density at radius 2 is 2.47 bits per heavy atom. The number of hydrogen-bond donors (Lipinski definition) is 0. The number of nitriles is 1. The molecule has 1 aliphatic rings. The van der Waals surface area contributed by atoms with E-state index in [1.54, 1.807) is 0 Å². The van der Waals surface area contributed by atoms with E-state index >= 15 is 0 Å². The van der Waals surface area contributed by atoms with E-state index in [0.29, 0.717) is 18.9 Å². The lowest BCUT2D eigenvalue weighted by molar-refractivity contribution is 0.140. The van der Waals surface area contributed by atoms with Gasteiger partial charge in [0.25, 0.3) is 0 Å². The predicted octanol–water partition coefficient (Wildman–Crippen LogP) is 1.27. The molecule has 0 radical (unpaired) electrons. The lowest BCUT2D eigenvalue weighted by Gasteiger charge is -2.12. The van der Waals surface area contributed by atoms with Gasteiger partial charge in [-0.15, -0.1) is 5.10 Å². The van der Waals surface area contributed by atoms with Crippen molar-refractivity contribution in [3.63, 3.8) is 0 Å². The van der Waals surface area contributed by atoms with Crippen LogP contribution in [0.15, 0.2) is 0 Å². The first-order chi connectivity index (χ1) is 9.36. The number of rotatable bonds is 7. The second-order valence-electron chi connectivity index (χ2n) is 4.59. The van der Waals surface area contributed by atoms with Crippen molar-refractivity contribution < 1.29 is 9.47 Å². The normalized spacial score (nSPS) is 18.6. The van der Waals surface area contributed by atoms with Crippen molar-refractivity contribution in [2.75, 3.05) is 26.4 Å². The van der Waals surface area contributed by atoms with Crippen LogP contribution in [0.5, 0.6) is 0 Å². The second kappa shape index (κ2) is 7.22. The second-order valence-corrected chi connectivity index (χ2v) is 4.59. The maximum atomic E-state index is 8.86. The van der Waals surface area contributed by atoms with E-state index < -0.39 is 0 Å². The van der Waals surface area contributed by atoms with Gasteiger partial charge in [-0.05, 0) is 19.8 Å². The van der Waals surface area contributed by atoms with E-state index in [1.165, 1.54) is 0 Å². The van der Waals surface area contributed by atoms with Gasteiger partial charge in [0.2, 0.25) is 0 Å². The molecule has 104 valence electrons. The van der Waals surface area contributed by atoms with Crippen LogP contribution in [0.25, 0.3) is 0 Å². The highest BCUT2D eigenvalue weighted by Gasteiger charge is 2.25. The lowest BCUT2D eigenvalue weighted by Crippen LogP contribution is -2.13. The number of nitrogens with zero attached hydrogens (tertiary/aromatic N) is 4. The Morgan fingerprint density at radius 3 is 3.16 bits per heavy atom. The summed E-state index contributed by atoms with van der Waals surface area (Å²) in [7, 11) is 0. The third-order valence-corrected chi connectivity index (χ3v) is 3.27. The molecule has 0 aliphatic carbocycles. The highest BCUT2D eigenvalue weighted by Crippen LogP contribution is 2.27. The van der Waals surface area contributed by atoms with Crippen LogP contribution in [0.4, 0.5) is 0 Å². The van der Waals surface area contributed by atoms with E-state index in [2.05, 4.69) is 16.4 Å². The van der Waals surface area contributed by atoms with Crippen molar-refractivity contribution in [3.8, 4) is 6.07 Å². The van der Waals surface area contributed by atoms with Crippen LogP contribution < -0.4 is 0 Å². The molecule has 2 rings (SSSR count). The standard InChI is InChI=1S/C13H20N4O2/c1-2-18-8-3-7-17-13(11-5-9-19-10-11)12(4-6-14)15-16-17/h11H,2-5,7-10H2,1H3. The van der Waals surface area contributed by atoms with Gasteiger partial charge in [-0.1, -0.05) is 5.21 Å². The monoisotopic (exact) mass is 264 g/mol. The average Bonchev–Trinajstić information content (AvgIpc) is 3.04. The van der Waals surface area contributed by atoms with Gasteiger partial charge in [-0.2, -0.15) is 5.26 Å². The predicted molar refractivity (Wildman–Crippen MR) is 68.6 cm³/mol. The van der Waals surface area contributed by atoms with Gasteiger partial charge in [0.15, 0.2) is 0 Å². The van der Waals surface area contributed by atoms with Crippen molar-refractivity contribution in [1.82, 2.24) is 15.0 Å². The zero-order valence-corrected chi connectivity index (χ0v) is 11.3. The maximum absolute atomic E-state index is 8.86. The molecule has 2 heterocycles. The van der Waals surface area contributed by atoms with Crippen LogP contribution in [-0.4, -0.2) is 41.4 Å². The smallest absolute Gasteiger partial charge is 0.100 e. The van der Waals surface area contributed by atoms with Crippen molar-refractivity contribution >= 4 is 0 Å². The summed E-state index contributed by atoms with van der Waals surface area (Å²) in [6.07, 6.45) is 2.21. The fourth-order valence-corrected chi connectivity index (χ4v) is 2.38.